The molecular formula is C26H34N6O5S. The summed E-state index contributed by atoms with van der Waals surface area (Å²) in [5.41, 5.74) is 2.57. The molecule has 0 radical (unpaired) electrons. The van der Waals surface area contributed by atoms with Crippen LogP contribution >= 0.6 is 0 Å². The maximum atomic E-state index is 13.7. The zero-order valence-electron chi connectivity index (χ0n) is 22.3. The summed E-state index contributed by atoms with van der Waals surface area (Å²) in [4.78, 5) is 26.0. The van der Waals surface area contributed by atoms with Gasteiger partial charge in [0.25, 0.3) is 5.91 Å². The molecule has 0 bridgehead atoms. The van der Waals surface area contributed by atoms with Gasteiger partial charge < -0.3 is 18.6 Å². The minimum absolute atomic E-state index is 0.0241. The number of carbonyl (C=O) groups is 1. The number of piperazine rings is 1. The summed E-state index contributed by atoms with van der Waals surface area (Å²) in [5, 5.41) is 0. The molecule has 5 rings (SSSR count). The minimum Gasteiger partial charge on any atom is -0.497 e. The first kappa shape index (κ1) is 26.4. The van der Waals surface area contributed by atoms with Gasteiger partial charge in [-0.05, 0) is 49.9 Å². The Balaban J connectivity index is 1.26. The van der Waals surface area contributed by atoms with Crippen LogP contribution in [0.15, 0.2) is 40.2 Å². The second kappa shape index (κ2) is 10.5. The van der Waals surface area contributed by atoms with Gasteiger partial charge >= 0.3 is 0 Å². The Kier molecular flexibility index (Phi) is 7.30. The number of oxazole rings is 1. The fraction of sp³-hybridized carbons (Fsp3) is 0.500. The number of hydrogen-bond acceptors (Lipinski definition) is 8. The lowest BCUT2D eigenvalue weighted by Gasteiger charge is -2.34. The average molecular weight is 543 g/mol. The van der Waals surface area contributed by atoms with Crippen LogP contribution in [0.25, 0.3) is 0 Å². The van der Waals surface area contributed by atoms with E-state index < -0.39 is 10.0 Å². The van der Waals surface area contributed by atoms with Crippen LogP contribution in [0.2, 0.25) is 0 Å². The molecular weight excluding hydrogens is 508 g/mol. The molecule has 0 atom stereocenters. The molecule has 3 aromatic rings. The Labute approximate surface area is 223 Å². The number of benzene rings is 1. The Morgan fingerprint density at radius 1 is 1.16 bits per heavy atom. The third-order valence-electron chi connectivity index (χ3n) is 7.21. The normalized spacial score (nSPS) is 16.8. The van der Waals surface area contributed by atoms with Crippen LogP contribution < -0.4 is 4.74 Å². The number of aromatic nitrogens is 3. The Morgan fingerprint density at radius 2 is 1.84 bits per heavy atom. The summed E-state index contributed by atoms with van der Waals surface area (Å²) >= 11 is 0. The predicted molar refractivity (Wildman–Crippen MR) is 139 cm³/mol. The summed E-state index contributed by atoms with van der Waals surface area (Å²) in [5.74, 6) is 0.621. The number of amides is 1. The van der Waals surface area contributed by atoms with Gasteiger partial charge in [-0.25, -0.2) is 18.4 Å². The van der Waals surface area contributed by atoms with E-state index in [0.717, 1.165) is 38.2 Å². The standard InChI is InChI=1S/C26H34N6O5S/c1-18-11-22(36-4)12-19(2)25(18)38(34,35)32(20-5-6-20)15-24-28-23(16-37-24)26(33)31-9-7-30(8-10-31)14-21-13-27-17-29(21)3/h11-13,16-17,20H,5-10,14-15H2,1-4H3. The minimum atomic E-state index is -3.81. The van der Waals surface area contributed by atoms with E-state index in [0.29, 0.717) is 30.0 Å². The third-order valence-corrected chi connectivity index (χ3v) is 9.42. The lowest BCUT2D eigenvalue weighted by molar-refractivity contribution is 0.0620. The van der Waals surface area contributed by atoms with Crippen molar-refractivity contribution in [2.75, 3.05) is 33.3 Å². The van der Waals surface area contributed by atoms with E-state index in [1.807, 2.05) is 17.8 Å². The number of imidazole rings is 1. The fourth-order valence-corrected chi connectivity index (χ4v) is 7.03. The molecule has 38 heavy (non-hydrogen) atoms. The smallest absolute Gasteiger partial charge is 0.275 e. The maximum absolute atomic E-state index is 13.7. The zero-order chi connectivity index (χ0) is 27.0. The molecule has 1 aliphatic carbocycles. The second-order valence-electron chi connectivity index (χ2n) is 10.1. The molecule has 1 saturated carbocycles. The van der Waals surface area contributed by atoms with Crippen molar-refractivity contribution in [2.45, 2.75) is 50.7 Å². The van der Waals surface area contributed by atoms with Crippen molar-refractivity contribution >= 4 is 15.9 Å². The van der Waals surface area contributed by atoms with Gasteiger partial charge in [0.05, 0.1) is 30.6 Å². The summed E-state index contributed by atoms with van der Waals surface area (Å²) in [6.45, 7) is 6.95. The van der Waals surface area contributed by atoms with Crippen LogP contribution in [-0.4, -0.2) is 82.3 Å². The number of carbonyl (C=O) groups excluding carboxylic acids is 1. The molecule has 2 aromatic heterocycles. The van der Waals surface area contributed by atoms with Gasteiger partial charge in [-0.3, -0.25) is 9.69 Å². The molecule has 1 aromatic carbocycles. The van der Waals surface area contributed by atoms with E-state index >= 15 is 0 Å². The number of ether oxygens (including phenoxy) is 1. The highest BCUT2D eigenvalue weighted by Crippen LogP contribution is 2.36. The lowest BCUT2D eigenvalue weighted by atomic mass is 10.1. The first-order valence-electron chi connectivity index (χ1n) is 12.8. The van der Waals surface area contributed by atoms with Crippen molar-refractivity contribution in [1.82, 2.24) is 28.6 Å². The largest absolute Gasteiger partial charge is 0.497 e. The molecule has 0 unspecified atom stereocenters. The van der Waals surface area contributed by atoms with Crippen LogP contribution in [-0.2, 0) is 30.2 Å². The number of aryl methyl sites for hydroxylation is 3. The Bertz CT molecular complexity index is 1400. The van der Waals surface area contributed by atoms with Gasteiger partial charge in [-0.15, -0.1) is 0 Å². The van der Waals surface area contributed by atoms with E-state index in [1.54, 1.807) is 44.3 Å². The van der Waals surface area contributed by atoms with E-state index in [-0.39, 0.29) is 35.0 Å². The van der Waals surface area contributed by atoms with Gasteiger partial charge in [0, 0.05) is 52.0 Å². The van der Waals surface area contributed by atoms with Gasteiger partial charge in [0.2, 0.25) is 15.9 Å². The second-order valence-corrected chi connectivity index (χ2v) is 11.9. The molecule has 0 N–H and O–H groups in total. The highest BCUT2D eigenvalue weighted by molar-refractivity contribution is 7.89. The number of methoxy groups -OCH3 is 1. The first-order valence-corrected chi connectivity index (χ1v) is 14.2. The maximum Gasteiger partial charge on any atom is 0.275 e. The number of rotatable bonds is 9. The molecule has 11 nitrogen and oxygen atoms in total. The number of sulfonamides is 1. The summed E-state index contributed by atoms with van der Waals surface area (Å²) in [7, 11) is -0.284. The van der Waals surface area contributed by atoms with Crippen molar-refractivity contribution in [1.29, 1.82) is 0 Å². The predicted octanol–water partition coefficient (Wildman–Crippen LogP) is 2.34. The van der Waals surface area contributed by atoms with Crippen LogP contribution in [0.1, 0.15) is 46.0 Å². The van der Waals surface area contributed by atoms with Gasteiger partial charge in [-0.2, -0.15) is 4.31 Å². The van der Waals surface area contributed by atoms with E-state index in [2.05, 4.69) is 14.9 Å². The number of hydrogen-bond donors (Lipinski definition) is 0. The van der Waals surface area contributed by atoms with Crippen molar-refractivity contribution < 1.29 is 22.4 Å². The van der Waals surface area contributed by atoms with E-state index in [1.165, 1.54) is 10.6 Å². The lowest BCUT2D eigenvalue weighted by Crippen LogP contribution is -2.48. The summed E-state index contributed by atoms with van der Waals surface area (Å²) in [6.07, 6.45) is 6.54. The molecule has 1 amide bonds. The molecule has 2 aliphatic rings. The SMILES string of the molecule is COc1cc(C)c(S(=O)(=O)N(Cc2nc(C(=O)N3CCN(Cc4cncn4C)CC3)co2)C2CC2)c(C)c1. The van der Waals surface area contributed by atoms with Crippen LogP contribution in [0, 0.1) is 13.8 Å². The van der Waals surface area contributed by atoms with Gasteiger partial charge in [0.15, 0.2) is 5.69 Å². The highest BCUT2D eigenvalue weighted by Gasteiger charge is 2.40. The first-order chi connectivity index (χ1) is 18.2. The van der Waals surface area contributed by atoms with Crippen molar-refractivity contribution in [3.8, 4) is 5.75 Å². The van der Waals surface area contributed by atoms with Crippen molar-refractivity contribution in [3.05, 3.63) is 59.3 Å². The highest BCUT2D eigenvalue weighted by atomic mass is 32.2. The molecule has 204 valence electrons. The van der Waals surface area contributed by atoms with Crippen molar-refractivity contribution in [2.24, 2.45) is 7.05 Å². The van der Waals surface area contributed by atoms with Crippen LogP contribution in [0.4, 0.5) is 0 Å². The molecule has 3 heterocycles. The zero-order valence-corrected chi connectivity index (χ0v) is 23.1. The Hall–Kier alpha value is -3.22. The van der Waals surface area contributed by atoms with Crippen molar-refractivity contribution in [3.63, 3.8) is 0 Å². The molecule has 2 fully saturated rings. The third kappa shape index (κ3) is 5.33. The van der Waals surface area contributed by atoms with E-state index in [4.69, 9.17) is 9.15 Å². The summed E-state index contributed by atoms with van der Waals surface area (Å²) in [6, 6.07) is 3.34. The van der Waals surface area contributed by atoms with Gasteiger partial charge in [-0.1, -0.05) is 0 Å². The monoisotopic (exact) mass is 542 g/mol. The van der Waals surface area contributed by atoms with Crippen LogP contribution in [0.3, 0.4) is 0 Å². The molecule has 12 heteroatoms. The molecule has 0 spiro atoms. The number of nitrogens with zero attached hydrogens (tertiary/aromatic N) is 6. The average Bonchev–Trinajstić information content (AvgIpc) is 3.48. The molecule has 1 aliphatic heterocycles. The summed E-state index contributed by atoms with van der Waals surface area (Å²) < 4.78 is 41.8. The Morgan fingerprint density at radius 3 is 2.42 bits per heavy atom. The van der Waals surface area contributed by atoms with Gasteiger partial charge in [0.1, 0.15) is 12.0 Å². The fourth-order valence-electron chi connectivity index (χ4n) is 4.98. The topological polar surface area (TPSA) is 114 Å². The molecule has 1 saturated heterocycles. The quantitative estimate of drug-likeness (QED) is 0.405. The van der Waals surface area contributed by atoms with Crippen LogP contribution in [0.5, 0.6) is 5.75 Å². The van der Waals surface area contributed by atoms with E-state index in [9.17, 15) is 13.2 Å².